The molecule has 102 valence electrons. The Morgan fingerprint density at radius 2 is 1.70 bits per heavy atom. The molecule has 0 spiro atoms. The highest BCUT2D eigenvalue weighted by Gasteiger charge is 2.22. The van der Waals surface area contributed by atoms with Crippen molar-refractivity contribution in [1.82, 2.24) is 0 Å². The van der Waals surface area contributed by atoms with Crippen molar-refractivity contribution in [3.8, 4) is 0 Å². The van der Waals surface area contributed by atoms with Crippen LogP contribution >= 0.6 is 0 Å². The monoisotopic (exact) mass is 268 g/mol. The zero-order valence-corrected chi connectivity index (χ0v) is 11.7. The van der Waals surface area contributed by atoms with Gasteiger partial charge in [-0.3, -0.25) is 0 Å². The molecule has 1 aromatic carbocycles. The summed E-state index contributed by atoms with van der Waals surface area (Å²) in [6.07, 6.45) is 4.52. The molecular weight excluding hydrogens is 252 g/mol. The number of benzene rings is 1. The molecule has 3 aromatic rings. The third kappa shape index (κ3) is 1.49. The lowest BCUT2D eigenvalue weighted by Crippen LogP contribution is -2.00. The molecule has 4 rings (SSSR count). The van der Waals surface area contributed by atoms with Gasteiger partial charge in [-0.15, -0.1) is 0 Å². The fourth-order valence-electron chi connectivity index (χ4n) is 3.45. The van der Waals surface area contributed by atoms with Crippen molar-refractivity contribution in [1.29, 1.82) is 0 Å². The van der Waals surface area contributed by atoms with E-state index in [1.54, 1.807) is 6.07 Å². The Bertz CT molecular complexity index is 896. The van der Waals surface area contributed by atoms with E-state index >= 15 is 0 Å². The van der Waals surface area contributed by atoms with Gasteiger partial charge in [0, 0.05) is 23.4 Å². The fourth-order valence-corrected chi connectivity index (χ4v) is 3.45. The van der Waals surface area contributed by atoms with Crippen molar-refractivity contribution in [2.45, 2.75) is 39.5 Å². The Morgan fingerprint density at radius 3 is 2.55 bits per heavy atom. The molecule has 1 aliphatic rings. The minimum Gasteiger partial charge on any atom is -0.460 e. The number of furan rings is 1. The van der Waals surface area contributed by atoms with Crippen LogP contribution in [0.5, 0.6) is 0 Å². The molecule has 3 nitrogen and oxygen atoms in total. The summed E-state index contributed by atoms with van der Waals surface area (Å²) >= 11 is 0. The third-order valence-corrected chi connectivity index (χ3v) is 4.33. The van der Waals surface area contributed by atoms with Gasteiger partial charge in [0.1, 0.15) is 16.9 Å². The van der Waals surface area contributed by atoms with Crippen LogP contribution in [0.25, 0.3) is 21.9 Å². The normalized spacial score (nSPS) is 14.9. The second kappa shape index (κ2) is 3.98. The van der Waals surface area contributed by atoms with Crippen LogP contribution in [0.15, 0.2) is 25.8 Å². The molecule has 3 heteroatoms. The number of hydrogen-bond acceptors (Lipinski definition) is 3. The Kier molecular flexibility index (Phi) is 2.34. The first-order valence-electron chi connectivity index (χ1n) is 7.13. The average Bonchev–Trinajstić information content (AvgIpc) is 2.77. The first kappa shape index (κ1) is 11.8. The lowest BCUT2D eigenvalue weighted by molar-refractivity contribution is 0.506. The van der Waals surface area contributed by atoms with Crippen LogP contribution in [0.2, 0.25) is 0 Å². The van der Waals surface area contributed by atoms with E-state index in [2.05, 4.69) is 6.92 Å². The van der Waals surface area contributed by atoms with Gasteiger partial charge in [0.2, 0.25) is 0 Å². The topological polar surface area (TPSA) is 43.4 Å². The highest BCUT2D eigenvalue weighted by molar-refractivity contribution is 6.07. The zero-order chi connectivity index (χ0) is 13.9. The summed E-state index contributed by atoms with van der Waals surface area (Å²) < 4.78 is 11.5. The molecule has 0 saturated heterocycles. The Balaban J connectivity index is 2.25. The molecule has 0 aliphatic heterocycles. The molecule has 0 amide bonds. The summed E-state index contributed by atoms with van der Waals surface area (Å²) in [4.78, 5) is 11.5. The van der Waals surface area contributed by atoms with Gasteiger partial charge in [0.05, 0.1) is 5.39 Å². The van der Waals surface area contributed by atoms with Crippen LogP contribution in [0.3, 0.4) is 0 Å². The Labute approximate surface area is 116 Å². The van der Waals surface area contributed by atoms with Crippen LogP contribution in [0, 0.1) is 13.8 Å². The van der Waals surface area contributed by atoms with Crippen LogP contribution in [0.1, 0.15) is 35.3 Å². The summed E-state index contributed by atoms with van der Waals surface area (Å²) in [5.41, 5.74) is 4.64. The lowest BCUT2D eigenvalue weighted by atomic mass is 9.93. The molecule has 0 radical (unpaired) electrons. The lowest BCUT2D eigenvalue weighted by Gasteiger charge is -2.09. The van der Waals surface area contributed by atoms with E-state index < -0.39 is 0 Å². The van der Waals surface area contributed by atoms with Gasteiger partial charge < -0.3 is 8.83 Å². The summed E-state index contributed by atoms with van der Waals surface area (Å²) in [7, 11) is 0. The molecule has 2 heterocycles. The molecule has 0 N–H and O–H groups in total. The van der Waals surface area contributed by atoms with E-state index in [4.69, 9.17) is 8.83 Å². The van der Waals surface area contributed by atoms with E-state index in [1.807, 2.05) is 13.0 Å². The minimum absolute atomic E-state index is 0.301. The predicted molar refractivity (Wildman–Crippen MR) is 78.4 cm³/mol. The maximum absolute atomic E-state index is 11.5. The average molecular weight is 268 g/mol. The standard InChI is InChI=1S/C17H16O3/c1-9-7-13-16(10(2)8-14(18)19-13)17-15(9)11-5-3-4-6-12(11)20-17/h7-8H,3-6H2,1-2H3. The maximum Gasteiger partial charge on any atom is 0.336 e. The maximum atomic E-state index is 11.5. The second-order valence-corrected chi connectivity index (χ2v) is 5.73. The molecule has 2 aromatic heterocycles. The summed E-state index contributed by atoms with van der Waals surface area (Å²) in [5.74, 6) is 1.12. The second-order valence-electron chi connectivity index (χ2n) is 5.73. The number of aryl methyl sites for hydroxylation is 4. The molecule has 0 unspecified atom stereocenters. The van der Waals surface area contributed by atoms with Crippen molar-refractivity contribution < 1.29 is 8.83 Å². The quantitative estimate of drug-likeness (QED) is 0.578. The van der Waals surface area contributed by atoms with E-state index in [-0.39, 0.29) is 5.63 Å². The van der Waals surface area contributed by atoms with E-state index in [0.717, 1.165) is 40.7 Å². The number of hydrogen-bond donors (Lipinski definition) is 0. The first-order valence-corrected chi connectivity index (χ1v) is 7.13. The van der Waals surface area contributed by atoms with Crippen LogP contribution in [0.4, 0.5) is 0 Å². The number of fused-ring (bicyclic) bond motifs is 5. The SMILES string of the molecule is Cc1cc2oc(=O)cc(C)c2c2oc3c(c12)CCCC3. The Hall–Kier alpha value is -2.03. The van der Waals surface area contributed by atoms with Gasteiger partial charge in [0.25, 0.3) is 0 Å². The Morgan fingerprint density at radius 1 is 0.950 bits per heavy atom. The molecular formula is C17H16O3. The molecule has 1 aliphatic carbocycles. The van der Waals surface area contributed by atoms with Gasteiger partial charge in [-0.1, -0.05) is 0 Å². The minimum atomic E-state index is -0.301. The van der Waals surface area contributed by atoms with Crippen LogP contribution < -0.4 is 5.63 Å². The third-order valence-electron chi connectivity index (χ3n) is 4.33. The van der Waals surface area contributed by atoms with Gasteiger partial charge in [-0.05, 0) is 50.3 Å². The van der Waals surface area contributed by atoms with Crippen molar-refractivity contribution in [3.05, 3.63) is 45.0 Å². The van der Waals surface area contributed by atoms with Gasteiger partial charge in [-0.25, -0.2) is 4.79 Å². The van der Waals surface area contributed by atoms with E-state index in [0.29, 0.717) is 5.58 Å². The predicted octanol–water partition coefficient (Wildman–Crippen LogP) is 4.03. The van der Waals surface area contributed by atoms with Gasteiger partial charge in [-0.2, -0.15) is 0 Å². The highest BCUT2D eigenvalue weighted by atomic mass is 16.4. The van der Waals surface area contributed by atoms with Crippen LogP contribution in [-0.2, 0) is 12.8 Å². The summed E-state index contributed by atoms with van der Waals surface area (Å²) in [6.45, 7) is 4.00. The fraction of sp³-hybridized carbons (Fsp3) is 0.353. The molecule has 0 atom stereocenters. The van der Waals surface area contributed by atoms with Crippen molar-refractivity contribution in [3.63, 3.8) is 0 Å². The summed E-state index contributed by atoms with van der Waals surface area (Å²) in [5, 5.41) is 2.17. The highest BCUT2D eigenvalue weighted by Crippen LogP contribution is 2.38. The van der Waals surface area contributed by atoms with Gasteiger partial charge >= 0.3 is 5.63 Å². The number of rotatable bonds is 0. The van der Waals surface area contributed by atoms with Crippen molar-refractivity contribution in [2.24, 2.45) is 0 Å². The first-order chi connectivity index (χ1) is 9.65. The smallest absolute Gasteiger partial charge is 0.336 e. The molecule has 0 saturated carbocycles. The summed E-state index contributed by atoms with van der Waals surface area (Å²) in [6, 6.07) is 3.51. The van der Waals surface area contributed by atoms with Gasteiger partial charge in [0.15, 0.2) is 0 Å². The molecule has 20 heavy (non-hydrogen) atoms. The van der Waals surface area contributed by atoms with E-state index in [1.165, 1.54) is 23.8 Å². The van der Waals surface area contributed by atoms with Crippen LogP contribution in [-0.4, -0.2) is 0 Å². The zero-order valence-electron chi connectivity index (χ0n) is 11.7. The molecule has 0 fully saturated rings. The van der Waals surface area contributed by atoms with E-state index in [9.17, 15) is 4.79 Å². The largest absolute Gasteiger partial charge is 0.460 e. The van der Waals surface area contributed by atoms with Crippen molar-refractivity contribution in [2.75, 3.05) is 0 Å². The molecule has 0 bridgehead atoms. The van der Waals surface area contributed by atoms with Crippen molar-refractivity contribution >= 4 is 21.9 Å².